The van der Waals surface area contributed by atoms with Crippen molar-refractivity contribution < 1.29 is 14.9 Å². The number of rotatable bonds is 7. The Bertz CT molecular complexity index is 356. The Morgan fingerprint density at radius 1 is 1.28 bits per heavy atom. The van der Waals surface area contributed by atoms with E-state index in [9.17, 15) is 5.11 Å². The number of hydrogen-bond donors (Lipinski definition) is 3. The first-order valence-electron chi connectivity index (χ1n) is 6.22. The summed E-state index contributed by atoms with van der Waals surface area (Å²) in [6.07, 6.45) is 0.216. The molecule has 4 heteroatoms. The molecule has 1 aromatic carbocycles. The van der Waals surface area contributed by atoms with Crippen LogP contribution in [-0.2, 0) is 6.42 Å². The molecule has 1 rings (SSSR count). The molecule has 0 saturated heterocycles. The SMILES string of the molecule is COc1c(C)cc(CCNCC(O)CO)cc1C. The van der Waals surface area contributed by atoms with Crippen molar-refractivity contribution in [2.75, 3.05) is 26.8 Å². The van der Waals surface area contributed by atoms with Crippen molar-refractivity contribution in [2.24, 2.45) is 0 Å². The topological polar surface area (TPSA) is 61.7 Å². The van der Waals surface area contributed by atoms with E-state index in [1.807, 2.05) is 13.8 Å². The quantitative estimate of drug-likeness (QED) is 0.629. The molecule has 1 unspecified atom stereocenters. The summed E-state index contributed by atoms with van der Waals surface area (Å²) in [4.78, 5) is 0. The second-order valence-corrected chi connectivity index (χ2v) is 4.55. The van der Waals surface area contributed by atoms with Crippen LogP contribution >= 0.6 is 0 Å². The highest BCUT2D eigenvalue weighted by molar-refractivity contribution is 5.43. The largest absolute Gasteiger partial charge is 0.496 e. The molecule has 0 fully saturated rings. The highest BCUT2D eigenvalue weighted by Crippen LogP contribution is 2.24. The molecule has 0 radical (unpaired) electrons. The summed E-state index contributed by atoms with van der Waals surface area (Å²) in [5.41, 5.74) is 3.53. The first-order chi connectivity index (χ1) is 8.58. The molecule has 3 N–H and O–H groups in total. The summed E-state index contributed by atoms with van der Waals surface area (Å²) < 4.78 is 5.33. The maximum atomic E-state index is 9.18. The second-order valence-electron chi connectivity index (χ2n) is 4.55. The van der Waals surface area contributed by atoms with Gasteiger partial charge in [-0.15, -0.1) is 0 Å². The second kappa shape index (κ2) is 7.36. The van der Waals surface area contributed by atoms with Gasteiger partial charge in [0.05, 0.1) is 19.8 Å². The van der Waals surface area contributed by atoms with Gasteiger partial charge in [-0.1, -0.05) is 12.1 Å². The maximum Gasteiger partial charge on any atom is 0.124 e. The highest BCUT2D eigenvalue weighted by atomic mass is 16.5. The van der Waals surface area contributed by atoms with Gasteiger partial charge in [0.2, 0.25) is 0 Å². The van der Waals surface area contributed by atoms with E-state index in [1.165, 1.54) is 5.56 Å². The summed E-state index contributed by atoms with van der Waals surface area (Å²) >= 11 is 0. The average molecular weight is 253 g/mol. The Morgan fingerprint density at radius 3 is 2.39 bits per heavy atom. The van der Waals surface area contributed by atoms with E-state index in [0.717, 1.165) is 29.8 Å². The fourth-order valence-corrected chi connectivity index (χ4v) is 2.07. The van der Waals surface area contributed by atoms with Crippen LogP contribution in [0.5, 0.6) is 5.75 Å². The third-order valence-electron chi connectivity index (χ3n) is 2.91. The Balaban J connectivity index is 2.48. The van der Waals surface area contributed by atoms with E-state index in [1.54, 1.807) is 7.11 Å². The monoisotopic (exact) mass is 253 g/mol. The van der Waals surface area contributed by atoms with Gasteiger partial charge in [0.15, 0.2) is 0 Å². The fourth-order valence-electron chi connectivity index (χ4n) is 2.07. The van der Waals surface area contributed by atoms with Crippen molar-refractivity contribution in [3.05, 3.63) is 28.8 Å². The number of aryl methyl sites for hydroxylation is 2. The average Bonchev–Trinajstić information content (AvgIpc) is 2.34. The third kappa shape index (κ3) is 4.29. The van der Waals surface area contributed by atoms with Gasteiger partial charge in [-0.2, -0.15) is 0 Å². The first kappa shape index (κ1) is 15.0. The molecule has 0 amide bonds. The summed E-state index contributed by atoms with van der Waals surface area (Å²) in [6, 6.07) is 4.24. The summed E-state index contributed by atoms with van der Waals surface area (Å²) in [7, 11) is 1.69. The minimum Gasteiger partial charge on any atom is -0.496 e. The van der Waals surface area contributed by atoms with E-state index in [0.29, 0.717) is 6.54 Å². The molecule has 0 aliphatic heterocycles. The van der Waals surface area contributed by atoms with Crippen LogP contribution in [0.2, 0.25) is 0 Å². The molecule has 0 aliphatic rings. The van der Waals surface area contributed by atoms with Crippen LogP contribution in [0.3, 0.4) is 0 Å². The zero-order valence-electron chi connectivity index (χ0n) is 11.4. The van der Waals surface area contributed by atoms with E-state index >= 15 is 0 Å². The number of aliphatic hydroxyl groups excluding tert-OH is 2. The van der Waals surface area contributed by atoms with Gasteiger partial charge < -0.3 is 20.3 Å². The van der Waals surface area contributed by atoms with Gasteiger partial charge in [-0.25, -0.2) is 0 Å². The molecule has 0 bridgehead atoms. The predicted octanol–water partition coefficient (Wildman–Crippen LogP) is 0.797. The van der Waals surface area contributed by atoms with Gasteiger partial charge in [-0.05, 0) is 43.5 Å². The molecule has 0 aliphatic carbocycles. The van der Waals surface area contributed by atoms with Crippen LogP contribution in [-0.4, -0.2) is 43.1 Å². The van der Waals surface area contributed by atoms with Crippen LogP contribution in [0, 0.1) is 13.8 Å². The standard InChI is InChI=1S/C14H23NO3/c1-10-6-12(7-11(2)14(10)18-3)4-5-15-8-13(17)9-16/h6-7,13,15-17H,4-5,8-9H2,1-3H3. The smallest absolute Gasteiger partial charge is 0.124 e. The van der Waals surface area contributed by atoms with Crippen molar-refractivity contribution in [1.82, 2.24) is 5.32 Å². The summed E-state index contributed by atoms with van der Waals surface area (Å²) in [5, 5.41) is 21.0. The van der Waals surface area contributed by atoms with Crippen molar-refractivity contribution in [3.63, 3.8) is 0 Å². The number of nitrogens with one attached hydrogen (secondary N) is 1. The van der Waals surface area contributed by atoms with Crippen molar-refractivity contribution in [1.29, 1.82) is 0 Å². The first-order valence-corrected chi connectivity index (χ1v) is 6.22. The van der Waals surface area contributed by atoms with Crippen molar-refractivity contribution in [2.45, 2.75) is 26.4 Å². The Hall–Kier alpha value is -1.10. The van der Waals surface area contributed by atoms with Gasteiger partial charge in [0.25, 0.3) is 0 Å². The van der Waals surface area contributed by atoms with Crippen LogP contribution < -0.4 is 10.1 Å². The molecule has 0 spiro atoms. The van der Waals surface area contributed by atoms with Crippen molar-refractivity contribution in [3.8, 4) is 5.75 Å². The molecule has 18 heavy (non-hydrogen) atoms. The van der Waals surface area contributed by atoms with Gasteiger partial charge in [0, 0.05) is 6.54 Å². The van der Waals surface area contributed by atoms with E-state index in [2.05, 4.69) is 17.4 Å². The molecule has 1 atom stereocenters. The molecule has 1 aromatic rings. The predicted molar refractivity (Wildman–Crippen MR) is 72.1 cm³/mol. The van der Waals surface area contributed by atoms with E-state index in [-0.39, 0.29) is 6.61 Å². The van der Waals surface area contributed by atoms with E-state index < -0.39 is 6.10 Å². The minimum absolute atomic E-state index is 0.201. The van der Waals surface area contributed by atoms with Crippen molar-refractivity contribution >= 4 is 0 Å². The third-order valence-corrected chi connectivity index (χ3v) is 2.91. The van der Waals surface area contributed by atoms with E-state index in [4.69, 9.17) is 9.84 Å². The number of aliphatic hydroxyl groups is 2. The molecule has 4 nitrogen and oxygen atoms in total. The fraction of sp³-hybridized carbons (Fsp3) is 0.571. The maximum absolute atomic E-state index is 9.18. The summed E-state index contributed by atoms with van der Waals surface area (Å²) in [6.45, 7) is 5.08. The lowest BCUT2D eigenvalue weighted by molar-refractivity contribution is 0.0947. The van der Waals surface area contributed by atoms with Gasteiger partial charge in [0.1, 0.15) is 5.75 Å². The molecule has 102 valence electrons. The van der Waals surface area contributed by atoms with Crippen LogP contribution in [0.1, 0.15) is 16.7 Å². The number of hydrogen-bond acceptors (Lipinski definition) is 4. The Kier molecular flexibility index (Phi) is 6.12. The zero-order chi connectivity index (χ0) is 13.5. The van der Waals surface area contributed by atoms with Crippen LogP contribution in [0.15, 0.2) is 12.1 Å². The zero-order valence-corrected chi connectivity index (χ0v) is 11.4. The van der Waals surface area contributed by atoms with Gasteiger partial charge in [-0.3, -0.25) is 0 Å². The highest BCUT2D eigenvalue weighted by Gasteiger charge is 2.05. The molecule has 0 saturated carbocycles. The van der Waals surface area contributed by atoms with Gasteiger partial charge >= 0.3 is 0 Å². The number of methoxy groups -OCH3 is 1. The Labute approximate surface area is 109 Å². The van der Waals surface area contributed by atoms with Crippen LogP contribution in [0.4, 0.5) is 0 Å². The molecular weight excluding hydrogens is 230 g/mol. The molecule has 0 aromatic heterocycles. The molecule has 0 heterocycles. The summed E-state index contributed by atoms with van der Waals surface area (Å²) in [5.74, 6) is 0.947. The number of ether oxygens (including phenoxy) is 1. The normalized spacial score (nSPS) is 12.5. The lowest BCUT2D eigenvalue weighted by atomic mass is 10.0. The lowest BCUT2D eigenvalue weighted by Crippen LogP contribution is -2.30. The number of benzene rings is 1. The lowest BCUT2D eigenvalue weighted by Gasteiger charge is -2.12. The Morgan fingerprint density at radius 2 is 1.89 bits per heavy atom. The van der Waals surface area contributed by atoms with Crippen LogP contribution in [0.25, 0.3) is 0 Å². The molecular formula is C14H23NO3. The minimum atomic E-state index is -0.677.